The minimum Gasteiger partial charge on any atom is -0.372 e. The monoisotopic (exact) mass is 217 g/mol. The SMILES string of the molecule is CC(C1CCCCC1)N(C)c1ccccc1. The van der Waals surface area contributed by atoms with Crippen molar-refractivity contribution in [3.8, 4) is 0 Å². The van der Waals surface area contributed by atoms with Gasteiger partial charge in [0.05, 0.1) is 0 Å². The van der Waals surface area contributed by atoms with Crippen LogP contribution in [0.15, 0.2) is 30.3 Å². The molecule has 1 fully saturated rings. The number of hydrogen-bond donors (Lipinski definition) is 0. The number of rotatable bonds is 3. The highest BCUT2D eigenvalue weighted by Gasteiger charge is 2.23. The molecule has 1 aromatic carbocycles. The Morgan fingerprint density at radius 3 is 2.31 bits per heavy atom. The van der Waals surface area contributed by atoms with Crippen LogP contribution < -0.4 is 4.90 Å². The van der Waals surface area contributed by atoms with Crippen LogP contribution in [0.1, 0.15) is 39.0 Å². The summed E-state index contributed by atoms with van der Waals surface area (Å²) < 4.78 is 0. The van der Waals surface area contributed by atoms with Crippen molar-refractivity contribution in [3.05, 3.63) is 30.3 Å². The van der Waals surface area contributed by atoms with Crippen molar-refractivity contribution in [2.75, 3.05) is 11.9 Å². The Kier molecular flexibility index (Phi) is 3.87. The summed E-state index contributed by atoms with van der Waals surface area (Å²) in [6, 6.07) is 11.4. The molecule has 0 aliphatic heterocycles. The van der Waals surface area contributed by atoms with E-state index in [0.29, 0.717) is 6.04 Å². The van der Waals surface area contributed by atoms with Crippen molar-refractivity contribution in [3.63, 3.8) is 0 Å². The summed E-state index contributed by atoms with van der Waals surface area (Å²) >= 11 is 0. The smallest absolute Gasteiger partial charge is 0.0366 e. The zero-order valence-corrected chi connectivity index (χ0v) is 10.5. The van der Waals surface area contributed by atoms with Gasteiger partial charge in [-0.3, -0.25) is 0 Å². The standard InChI is InChI=1S/C15H23N/c1-13(14-9-5-3-6-10-14)16(2)15-11-7-4-8-12-15/h4,7-8,11-14H,3,5-6,9-10H2,1-2H3. The van der Waals surface area contributed by atoms with Gasteiger partial charge in [0.15, 0.2) is 0 Å². The van der Waals surface area contributed by atoms with E-state index in [1.165, 1.54) is 37.8 Å². The van der Waals surface area contributed by atoms with Crippen LogP contribution in [0.25, 0.3) is 0 Å². The molecule has 16 heavy (non-hydrogen) atoms. The van der Waals surface area contributed by atoms with Crippen molar-refractivity contribution < 1.29 is 0 Å². The second kappa shape index (κ2) is 5.38. The molecule has 1 nitrogen and oxygen atoms in total. The lowest BCUT2D eigenvalue weighted by Gasteiger charge is -2.35. The van der Waals surface area contributed by atoms with Gasteiger partial charge in [-0.25, -0.2) is 0 Å². The molecule has 1 aliphatic carbocycles. The van der Waals surface area contributed by atoms with Crippen LogP contribution >= 0.6 is 0 Å². The minimum atomic E-state index is 0.669. The quantitative estimate of drug-likeness (QED) is 0.737. The molecule has 0 amide bonds. The van der Waals surface area contributed by atoms with Gasteiger partial charge in [-0.2, -0.15) is 0 Å². The third kappa shape index (κ3) is 2.58. The maximum atomic E-state index is 2.44. The molecule has 0 N–H and O–H groups in total. The molecule has 1 atom stereocenters. The lowest BCUT2D eigenvalue weighted by Crippen LogP contribution is -2.36. The van der Waals surface area contributed by atoms with Crippen LogP contribution in [0.5, 0.6) is 0 Å². The third-order valence-electron chi connectivity index (χ3n) is 4.11. The first kappa shape index (κ1) is 11.5. The summed E-state index contributed by atoms with van der Waals surface area (Å²) in [4.78, 5) is 2.44. The van der Waals surface area contributed by atoms with E-state index < -0.39 is 0 Å². The number of para-hydroxylation sites is 1. The molecule has 88 valence electrons. The minimum absolute atomic E-state index is 0.669. The molecular formula is C15H23N. The molecule has 1 saturated carbocycles. The van der Waals surface area contributed by atoms with Gasteiger partial charge in [-0.15, -0.1) is 0 Å². The molecule has 0 aromatic heterocycles. The second-order valence-corrected chi connectivity index (χ2v) is 5.09. The van der Waals surface area contributed by atoms with E-state index in [1.54, 1.807) is 0 Å². The zero-order chi connectivity index (χ0) is 11.4. The Morgan fingerprint density at radius 1 is 1.06 bits per heavy atom. The van der Waals surface area contributed by atoms with E-state index in [9.17, 15) is 0 Å². The molecule has 1 unspecified atom stereocenters. The maximum absolute atomic E-state index is 2.44. The van der Waals surface area contributed by atoms with Crippen molar-refractivity contribution in [1.29, 1.82) is 0 Å². The fourth-order valence-electron chi connectivity index (χ4n) is 2.83. The molecule has 0 heterocycles. The van der Waals surface area contributed by atoms with E-state index >= 15 is 0 Å². The maximum Gasteiger partial charge on any atom is 0.0366 e. The molecule has 0 saturated heterocycles. The van der Waals surface area contributed by atoms with E-state index in [-0.39, 0.29) is 0 Å². The fraction of sp³-hybridized carbons (Fsp3) is 0.600. The second-order valence-electron chi connectivity index (χ2n) is 5.09. The Bertz CT molecular complexity index is 300. The molecule has 0 spiro atoms. The Labute approximate surface area is 99.5 Å². The van der Waals surface area contributed by atoms with E-state index in [2.05, 4.69) is 49.2 Å². The number of anilines is 1. The van der Waals surface area contributed by atoms with Crippen LogP contribution in [0.4, 0.5) is 5.69 Å². The van der Waals surface area contributed by atoms with E-state index in [1.807, 2.05) is 0 Å². The van der Waals surface area contributed by atoms with Crippen molar-refractivity contribution in [1.82, 2.24) is 0 Å². The Balaban J connectivity index is 2.00. The highest BCUT2D eigenvalue weighted by Crippen LogP contribution is 2.30. The Hall–Kier alpha value is -0.980. The zero-order valence-electron chi connectivity index (χ0n) is 10.5. The number of benzene rings is 1. The average molecular weight is 217 g/mol. The molecule has 1 aromatic rings. The third-order valence-corrected chi connectivity index (χ3v) is 4.11. The normalized spacial score (nSPS) is 19.4. The van der Waals surface area contributed by atoms with Gasteiger partial charge in [-0.05, 0) is 37.8 Å². The van der Waals surface area contributed by atoms with Crippen LogP contribution in [-0.2, 0) is 0 Å². The van der Waals surface area contributed by atoms with Crippen molar-refractivity contribution in [2.24, 2.45) is 5.92 Å². The lowest BCUT2D eigenvalue weighted by molar-refractivity contribution is 0.310. The van der Waals surface area contributed by atoms with E-state index in [4.69, 9.17) is 0 Å². The summed E-state index contributed by atoms with van der Waals surface area (Å²) in [6.45, 7) is 2.38. The Morgan fingerprint density at radius 2 is 1.69 bits per heavy atom. The molecular weight excluding hydrogens is 194 g/mol. The number of hydrogen-bond acceptors (Lipinski definition) is 1. The first-order valence-electron chi connectivity index (χ1n) is 6.57. The van der Waals surface area contributed by atoms with Gasteiger partial charge in [0, 0.05) is 18.8 Å². The van der Waals surface area contributed by atoms with Crippen LogP contribution in [0, 0.1) is 5.92 Å². The van der Waals surface area contributed by atoms with Crippen LogP contribution in [0.3, 0.4) is 0 Å². The summed E-state index contributed by atoms with van der Waals surface area (Å²) in [5.74, 6) is 0.888. The molecule has 1 heteroatoms. The molecule has 0 bridgehead atoms. The van der Waals surface area contributed by atoms with Crippen molar-refractivity contribution >= 4 is 5.69 Å². The highest BCUT2D eigenvalue weighted by molar-refractivity contribution is 5.46. The molecule has 2 rings (SSSR count). The highest BCUT2D eigenvalue weighted by atomic mass is 15.1. The fourth-order valence-corrected chi connectivity index (χ4v) is 2.83. The largest absolute Gasteiger partial charge is 0.372 e. The van der Waals surface area contributed by atoms with Crippen LogP contribution in [-0.4, -0.2) is 13.1 Å². The summed E-state index contributed by atoms with van der Waals surface area (Å²) in [6.07, 6.45) is 7.13. The lowest BCUT2D eigenvalue weighted by atomic mass is 9.84. The first-order chi connectivity index (χ1) is 7.79. The molecule has 1 aliphatic rings. The topological polar surface area (TPSA) is 3.24 Å². The van der Waals surface area contributed by atoms with Gasteiger partial charge < -0.3 is 4.90 Å². The molecule has 0 radical (unpaired) electrons. The summed E-state index contributed by atoms with van der Waals surface area (Å²) in [7, 11) is 2.23. The average Bonchev–Trinajstić information content (AvgIpc) is 2.39. The van der Waals surface area contributed by atoms with Crippen molar-refractivity contribution in [2.45, 2.75) is 45.1 Å². The predicted octanol–water partition coefficient (Wildman–Crippen LogP) is 4.09. The predicted molar refractivity (Wildman–Crippen MR) is 70.9 cm³/mol. The summed E-state index contributed by atoms with van der Waals surface area (Å²) in [5, 5.41) is 0. The van der Waals surface area contributed by atoms with Gasteiger partial charge in [0.2, 0.25) is 0 Å². The summed E-state index contributed by atoms with van der Waals surface area (Å²) in [5.41, 5.74) is 1.35. The number of nitrogens with zero attached hydrogens (tertiary/aromatic N) is 1. The van der Waals surface area contributed by atoms with Gasteiger partial charge in [-0.1, -0.05) is 37.5 Å². The first-order valence-corrected chi connectivity index (χ1v) is 6.57. The van der Waals surface area contributed by atoms with Gasteiger partial charge in [0.1, 0.15) is 0 Å². The van der Waals surface area contributed by atoms with Gasteiger partial charge in [0.25, 0.3) is 0 Å². The van der Waals surface area contributed by atoms with E-state index in [0.717, 1.165) is 5.92 Å². The van der Waals surface area contributed by atoms with Gasteiger partial charge >= 0.3 is 0 Å². The van der Waals surface area contributed by atoms with Crippen LogP contribution in [0.2, 0.25) is 0 Å².